The Morgan fingerprint density at radius 1 is 1.56 bits per heavy atom. The number of H-pyrrole nitrogens is 1. The van der Waals surface area contributed by atoms with Crippen LogP contribution in [0.3, 0.4) is 0 Å². The van der Waals surface area contributed by atoms with Gasteiger partial charge in [0.15, 0.2) is 0 Å². The smallest absolute Gasteiger partial charge is 0.271 e. The average molecular weight is 235 g/mol. The van der Waals surface area contributed by atoms with Crippen LogP contribution in [0, 0.1) is 0 Å². The van der Waals surface area contributed by atoms with Gasteiger partial charge < -0.3 is 0 Å². The quantitative estimate of drug-likeness (QED) is 0.803. The van der Waals surface area contributed by atoms with E-state index in [1.165, 1.54) is 10.8 Å². The lowest BCUT2D eigenvalue weighted by Crippen LogP contribution is -2.19. The molecule has 2 rings (SSSR count). The molecular weight excluding hydrogens is 226 g/mol. The van der Waals surface area contributed by atoms with Gasteiger partial charge in [0, 0.05) is 18.5 Å². The van der Waals surface area contributed by atoms with Gasteiger partial charge in [0.2, 0.25) is 0 Å². The molecule has 0 aliphatic carbocycles. The predicted octanol–water partition coefficient (Wildman–Crippen LogP) is 1.57. The second-order valence-corrected chi connectivity index (χ2v) is 3.87. The Hall–Kier alpha value is -1.95. The number of hydrogen-bond donors (Lipinski definition) is 1. The lowest BCUT2D eigenvalue weighted by Gasteiger charge is -2.02. The van der Waals surface area contributed by atoms with Crippen LogP contribution in [-0.4, -0.2) is 15.2 Å². The zero-order valence-electron chi connectivity index (χ0n) is 8.56. The van der Waals surface area contributed by atoms with Gasteiger partial charge in [0.25, 0.3) is 11.1 Å². The Bertz CT molecular complexity index is 690. The van der Waals surface area contributed by atoms with Crippen LogP contribution in [0.1, 0.15) is 6.92 Å². The van der Waals surface area contributed by atoms with Crippen molar-refractivity contribution in [2.75, 3.05) is 0 Å². The second-order valence-electron chi connectivity index (χ2n) is 3.02. The number of aliphatic imine (C=N–C) groups is 1. The number of aromatic amines is 1. The standard InChI is InChI=1S/C10H9N3O2S/c1-3-11-7-5-6-8(9(14)12-16-6)10(15)13(7)4-2/h3-5H,2H2,1H3,(H,12,14)/b11-3-. The second kappa shape index (κ2) is 3.90. The molecule has 2 aromatic rings. The molecule has 0 unspecified atom stereocenters. The first-order valence-electron chi connectivity index (χ1n) is 4.57. The van der Waals surface area contributed by atoms with Gasteiger partial charge in [-0.15, -0.1) is 0 Å². The van der Waals surface area contributed by atoms with E-state index in [9.17, 15) is 9.59 Å². The van der Waals surface area contributed by atoms with Crippen molar-refractivity contribution in [3.63, 3.8) is 0 Å². The van der Waals surface area contributed by atoms with Crippen LogP contribution in [0.2, 0.25) is 0 Å². The number of hydrogen-bond acceptors (Lipinski definition) is 4. The van der Waals surface area contributed by atoms with Gasteiger partial charge in [-0.25, -0.2) is 4.99 Å². The monoisotopic (exact) mass is 235 g/mol. The summed E-state index contributed by atoms with van der Waals surface area (Å²) in [6.45, 7) is 5.29. The van der Waals surface area contributed by atoms with E-state index in [1.54, 1.807) is 19.2 Å². The van der Waals surface area contributed by atoms with Crippen molar-refractivity contribution < 1.29 is 0 Å². The molecule has 2 aromatic heterocycles. The number of nitrogens with one attached hydrogen (secondary N) is 1. The molecule has 82 valence electrons. The van der Waals surface area contributed by atoms with Crippen LogP contribution in [0.5, 0.6) is 0 Å². The fourth-order valence-electron chi connectivity index (χ4n) is 1.44. The van der Waals surface area contributed by atoms with E-state index in [0.717, 1.165) is 11.5 Å². The summed E-state index contributed by atoms with van der Waals surface area (Å²) >= 11 is 1.13. The maximum absolute atomic E-state index is 11.9. The minimum absolute atomic E-state index is 0.153. The van der Waals surface area contributed by atoms with Crippen LogP contribution in [-0.2, 0) is 0 Å². The number of nitrogens with zero attached hydrogens (tertiary/aromatic N) is 2. The predicted molar refractivity (Wildman–Crippen MR) is 66.9 cm³/mol. The van der Waals surface area contributed by atoms with Crippen LogP contribution in [0.4, 0.5) is 5.82 Å². The fraction of sp³-hybridized carbons (Fsp3) is 0.100. The first-order chi connectivity index (χ1) is 7.69. The zero-order chi connectivity index (χ0) is 11.7. The van der Waals surface area contributed by atoms with Crippen molar-refractivity contribution in [2.45, 2.75) is 6.92 Å². The molecule has 0 saturated carbocycles. The Kier molecular flexibility index (Phi) is 2.57. The largest absolute Gasteiger partial charge is 0.277 e. The molecule has 0 spiro atoms. The van der Waals surface area contributed by atoms with E-state index >= 15 is 0 Å². The Morgan fingerprint density at radius 3 is 2.94 bits per heavy atom. The van der Waals surface area contributed by atoms with Crippen LogP contribution in [0.15, 0.2) is 27.2 Å². The van der Waals surface area contributed by atoms with Crippen molar-refractivity contribution in [2.24, 2.45) is 4.99 Å². The first kappa shape index (κ1) is 10.6. The van der Waals surface area contributed by atoms with E-state index in [2.05, 4.69) is 15.9 Å². The third-order valence-corrected chi connectivity index (χ3v) is 2.94. The maximum Gasteiger partial charge on any atom is 0.271 e. The summed E-state index contributed by atoms with van der Waals surface area (Å²) in [5, 5.41) is 0.153. The first-order valence-corrected chi connectivity index (χ1v) is 5.38. The Labute approximate surface area is 94.5 Å². The topological polar surface area (TPSA) is 67.2 Å². The summed E-state index contributed by atoms with van der Waals surface area (Å²) in [5.41, 5.74) is -0.761. The van der Waals surface area contributed by atoms with E-state index < -0.39 is 5.56 Å². The summed E-state index contributed by atoms with van der Waals surface area (Å²) in [4.78, 5) is 27.4. The normalized spacial score (nSPS) is 11.3. The molecule has 5 nitrogen and oxygen atoms in total. The van der Waals surface area contributed by atoms with E-state index in [4.69, 9.17) is 0 Å². The van der Waals surface area contributed by atoms with Gasteiger partial charge in [-0.05, 0) is 6.92 Å². The van der Waals surface area contributed by atoms with Gasteiger partial charge in [-0.2, -0.15) is 0 Å². The molecule has 1 N–H and O–H groups in total. The Balaban J connectivity index is 3.00. The summed E-state index contributed by atoms with van der Waals surface area (Å²) in [5.74, 6) is 0.463. The van der Waals surface area contributed by atoms with E-state index in [-0.39, 0.29) is 10.9 Å². The zero-order valence-corrected chi connectivity index (χ0v) is 9.37. The molecule has 0 aliphatic heterocycles. The third-order valence-electron chi connectivity index (χ3n) is 2.11. The van der Waals surface area contributed by atoms with Crippen molar-refractivity contribution in [3.05, 3.63) is 33.4 Å². The lowest BCUT2D eigenvalue weighted by atomic mass is 10.3. The summed E-state index contributed by atoms with van der Waals surface area (Å²) in [6, 6.07) is 1.68. The van der Waals surface area contributed by atoms with Crippen LogP contribution >= 0.6 is 11.5 Å². The van der Waals surface area contributed by atoms with Gasteiger partial charge in [0.05, 0.1) is 4.70 Å². The maximum atomic E-state index is 11.9. The SMILES string of the molecule is C=Cn1c(/N=C\C)cc2s[nH]c(=O)c2c1=O. The molecule has 0 aromatic carbocycles. The van der Waals surface area contributed by atoms with Crippen molar-refractivity contribution >= 4 is 39.9 Å². The highest BCUT2D eigenvalue weighted by molar-refractivity contribution is 7.13. The van der Waals surface area contributed by atoms with E-state index in [0.29, 0.717) is 10.5 Å². The summed E-state index contributed by atoms with van der Waals surface area (Å²) in [7, 11) is 0. The molecule has 16 heavy (non-hydrogen) atoms. The Morgan fingerprint density at radius 2 is 2.31 bits per heavy atom. The molecule has 0 fully saturated rings. The molecule has 0 aliphatic rings. The minimum Gasteiger partial charge on any atom is -0.277 e. The van der Waals surface area contributed by atoms with Crippen molar-refractivity contribution in [3.8, 4) is 0 Å². The number of pyridine rings is 1. The number of rotatable bonds is 2. The van der Waals surface area contributed by atoms with Gasteiger partial charge in [-0.3, -0.25) is 18.5 Å². The fourth-order valence-corrected chi connectivity index (χ4v) is 2.19. The molecule has 0 bridgehead atoms. The van der Waals surface area contributed by atoms with Crippen LogP contribution in [0.25, 0.3) is 16.3 Å². The molecule has 0 radical (unpaired) electrons. The van der Waals surface area contributed by atoms with Crippen molar-refractivity contribution in [1.29, 1.82) is 0 Å². The van der Waals surface area contributed by atoms with Crippen molar-refractivity contribution in [1.82, 2.24) is 8.94 Å². The number of aromatic nitrogens is 2. The van der Waals surface area contributed by atoms with Gasteiger partial charge in [0.1, 0.15) is 11.2 Å². The highest BCUT2D eigenvalue weighted by Gasteiger charge is 2.11. The van der Waals surface area contributed by atoms with E-state index in [1.807, 2.05) is 0 Å². The van der Waals surface area contributed by atoms with Gasteiger partial charge in [-0.1, -0.05) is 18.1 Å². The third kappa shape index (κ3) is 1.43. The molecule has 2 heterocycles. The highest BCUT2D eigenvalue weighted by atomic mass is 32.1. The molecular formula is C10H9N3O2S. The summed E-state index contributed by atoms with van der Waals surface area (Å²) in [6.07, 6.45) is 2.93. The number of fused-ring (bicyclic) bond motifs is 1. The highest BCUT2D eigenvalue weighted by Crippen LogP contribution is 2.18. The molecule has 0 saturated heterocycles. The van der Waals surface area contributed by atoms with Gasteiger partial charge >= 0.3 is 0 Å². The summed E-state index contributed by atoms with van der Waals surface area (Å²) < 4.78 is 4.38. The molecule has 6 heteroatoms. The minimum atomic E-state index is -0.393. The molecule has 0 atom stereocenters. The lowest BCUT2D eigenvalue weighted by molar-refractivity contribution is 1.07. The average Bonchev–Trinajstić information content (AvgIpc) is 2.61. The molecule has 0 amide bonds. The van der Waals surface area contributed by atoms with Crippen LogP contribution < -0.4 is 11.1 Å².